The van der Waals surface area contributed by atoms with Gasteiger partial charge in [0.05, 0.1) is 13.2 Å². The second-order valence-electron chi connectivity index (χ2n) is 9.44. The Hall–Kier alpha value is -2.26. The summed E-state index contributed by atoms with van der Waals surface area (Å²) in [5.41, 5.74) is 5.03. The number of aliphatic hydroxyl groups excluding tert-OH is 1. The largest absolute Gasteiger partial charge is 0.508 e. The smallest absolute Gasteiger partial charge is 0.118 e. The third-order valence-electron chi connectivity index (χ3n) is 8.05. The van der Waals surface area contributed by atoms with Crippen molar-refractivity contribution >= 4 is 6.08 Å². The van der Waals surface area contributed by atoms with Gasteiger partial charge in [-0.2, -0.15) is 0 Å². The van der Waals surface area contributed by atoms with Crippen LogP contribution in [0.25, 0.3) is 6.08 Å². The molecule has 3 aliphatic carbocycles. The molecule has 0 bridgehead atoms. The van der Waals surface area contributed by atoms with Crippen molar-refractivity contribution < 1.29 is 14.9 Å². The lowest BCUT2D eigenvalue weighted by Gasteiger charge is -2.49. The average Bonchev–Trinajstić information content (AvgIpc) is 2.99. The summed E-state index contributed by atoms with van der Waals surface area (Å²) in [5, 5.41) is 21.2. The first kappa shape index (κ1) is 18.7. The van der Waals surface area contributed by atoms with E-state index in [9.17, 15) is 10.2 Å². The summed E-state index contributed by atoms with van der Waals surface area (Å²) in [4.78, 5) is 0. The number of phenolic OH excluding ortho intramolecular Hbond substituents is 1. The van der Waals surface area contributed by atoms with Crippen molar-refractivity contribution in [2.45, 2.75) is 51.0 Å². The van der Waals surface area contributed by atoms with Crippen molar-refractivity contribution in [3.8, 4) is 11.5 Å². The quantitative estimate of drug-likeness (QED) is 0.730. The third-order valence-corrected chi connectivity index (χ3v) is 8.05. The first-order valence-corrected chi connectivity index (χ1v) is 10.8. The van der Waals surface area contributed by atoms with Crippen LogP contribution in [0.2, 0.25) is 0 Å². The van der Waals surface area contributed by atoms with Gasteiger partial charge in [0.2, 0.25) is 0 Å². The number of hydrogen-bond donors (Lipinski definition) is 2. The van der Waals surface area contributed by atoms with E-state index >= 15 is 0 Å². The van der Waals surface area contributed by atoms with Crippen LogP contribution in [0.5, 0.6) is 11.5 Å². The molecule has 2 saturated carbocycles. The van der Waals surface area contributed by atoms with E-state index in [1.807, 2.05) is 24.3 Å². The number of aryl methyl sites for hydroxylation is 1. The van der Waals surface area contributed by atoms with E-state index in [1.54, 1.807) is 7.11 Å². The zero-order valence-corrected chi connectivity index (χ0v) is 17.3. The maximum Gasteiger partial charge on any atom is 0.118 e. The second-order valence-corrected chi connectivity index (χ2v) is 9.44. The van der Waals surface area contributed by atoms with Crippen LogP contribution in [-0.2, 0) is 6.42 Å². The van der Waals surface area contributed by atoms with E-state index in [0.717, 1.165) is 43.4 Å². The third kappa shape index (κ3) is 2.98. The molecule has 0 radical (unpaired) electrons. The van der Waals surface area contributed by atoms with Crippen LogP contribution in [0.3, 0.4) is 0 Å². The molecule has 5 atom stereocenters. The SMILES string of the molecule is COc1ccc(C=C2CC3C4CCc5cc(O)ccc5C4CCC3(C)C2O)cc1. The predicted molar refractivity (Wildman–Crippen MR) is 115 cm³/mol. The number of methoxy groups -OCH3 is 1. The highest BCUT2D eigenvalue weighted by molar-refractivity contribution is 5.56. The maximum absolute atomic E-state index is 11.3. The normalized spacial score (nSPS) is 34.4. The summed E-state index contributed by atoms with van der Waals surface area (Å²) >= 11 is 0. The number of fused-ring (bicyclic) bond motifs is 5. The van der Waals surface area contributed by atoms with E-state index in [1.165, 1.54) is 16.7 Å². The number of hydrogen-bond acceptors (Lipinski definition) is 3. The molecule has 152 valence electrons. The van der Waals surface area contributed by atoms with Gasteiger partial charge >= 0.3 is 0 Å². The molecule has 5 rings (SSSR count). The van der Waals surface area contributed by atoms with Crippen molar-refractivity contribution in [1.82, 2.24) is 0 Å². The van der Waals surface area contributed by atoms with Gasteiger partial charge in [-0.1, -0.05) is 31.2 Å². The van der Waals surface area contributed by atoms with E-state index in [4.69, 9.17) is 4.74 Å². The molecule has 3 aliphatic rings. The van der Waals surface area contributed by atoms with Gasteiger partial charge in [-0.25, -0.2) is 0 Å². The number of aliphatic hydroxyl groups is 1. The van der Waals surface area contributed by atoms with Crippen LogP contribution in [0, 0.1) is 17.3 Å². The predicted octanol–water partition coefficient (Wildman–Crippen LogP) is 5.31. The van der Waals surface area contributed by atoms with Crippen molar-refractivity contribution in [2.75, 3.05) is 7.11 Å². The Morgan fingerprint density at radius 1 is 1.10 bits per heavy atom. The Bertz CT molecular complexity index is 945. The molecule has 29 heavy (non-hydrogen) atoms. The van der Waals surface area contributed by atoms with Gasteiger partial charge in [0.15, 0.2) is 0 Å². The van der Waals surface area contributed by atoms with Crippen molar-refractivity contribution in [1.29, 1.82) is 0 Å². The summed E-state index contributed by atoms with van der Waals surface area (Å²) < 4.78 is 5.26. The van der Waals surface area contributed by atoms with Crippen LogP contribution >= 0.6 is 0 Å². The van der Waals surface area contributed by atoms with Gasteiger partial charge in [0.1, 0.15) is 11.5 Å². The Morgan fingerprint density at radius 2 is 1.90 bits per heavy atom. The minimum Gasteiger partial charge on any atom is -0.508 e. The molecule has 0 amide bonds. The summed E-state index contributed by atoms with van der Waals surface area (Å²) in [6.45, 7) is 2.31. The summed E-state index contributed by atoms with van der Waals surface area (Å²) in [6, 6.07) is 14.0. The van der Waals surface area contributed by atoms with Crippen molar-refractivity contribution in [3.05, 3.63) is 64.7 Å². The van der Waals surface area contributed by atoms with E-state index in [0.29, 0.717) is 23.5 Å². The topological polar surface area (TPSA) is 49.7 Å². The molecule has 2 aromatic rings. The highest BCUT2D eigenvalue weighted by atomic mass is 16.5. The first-order valence-electron chi connectivity index (χ1n) is 10.8. The van der Waals surface area contributed by atoms with Crippen LogP contribution in [-0.4, -0.2) is 23.4 Å². The fourth-order valence-electron chi connectivity index (χ4n) is 6.48. The second kappa shape index (κ2) is 6.91. The monoisotopic (exact) mass is 390 g/mol. The molecule has 2 N–H and O–H groups in total. The fourth-order valence-corrected chi connectivity index (χ4v) is 6.48. The van der Waals surface area contributed by atoms with E-state index in [2.05, 4.69) is 31.2 Å². The molecule has 3 nitrogen and oxygen atoms in total. The summed E-state index contributed by atoms with van der Waals surface area (Å²) in [7, 11) is 1.68. The van der Waals surface area contributed by atoms with Gasteiger partial charge in [0.25, 0.3) is 0 Å². The summed E-state index contributed by atoms with van der Waals surface area (Å²) in [5.74, 6) is 2.92. The Balaban J connectivity index is 1.45. The standard InChI is InChI=1S/C26H30O3/c1-26-12-11-22-21-10-6-19(27)14-17(21)5-9-23(22)24(26)15-18(25(26)28)13-16-3-7-20(29-2)8-4-16/h3-4,6-8,10,13-14,22-25,27-28H,5,9,11-12,15H2,1-2H3. The molecule has 2 fully saturated rings. The lowest BCUT2D eigenvalue weighted by Crippen LogP contribution is -2.44. The summed E-state index contributed by atoms with van der Waals surface area (Å²) in [6.07, 6.45) is 7.18. The van der Waals surface area contributed by atoms with Crippen LogP contribution < -0.4 is 4.74 Å². The zero-order valence-electron chi connectivity index (χ0n) is 17.3. The molecule has 0 spiro atoms. The lowest BCUT2D eigenvalue weighted by molar-refractivity contribution is -0.0158. The minimum absolute atomic E-state index is 0.0338. The molecule has 0 aliphatic heterocycles. The fraction of sp³-hybridized carbons (Fsp3) is 0.462. The maximum atomic E-state index is 11.3. The average molecular weight is 391 g/mol. The van der Waals surface area contributed by atoms with Crippen LogP contribution in [0.1, 0.15) is 55.2 Å². The molecule has 3 heteroatoms. The van der Waals surface area contributed by atoms with Crippen LogP contribution in [0.15, 0.2) is 48.0 Å². The van der Waals surface area contributed by atoms with Crippen molar-refractivity contribution in [3.63, 3.8) is 0 Å². The van der Waals surface area contributed by atoms with Gasteiger partial charge in [-0.15, -0.1) is 0 Å². The van der Waals surface area contributed by atoms with Gasteiger partial charge in [0, 0.05) is 5.41 Å². The van der Waals surface area contributed by atoms with E-state index in [-0.39, 0.29) is 11.5 Å². The molecule has 0 heterocycles. The molecular formula is C26H30O3. The molecule has 2 aromatic carbocycles. The number of ether oxygens (including phenoxy) is 1. The van der Waals surface area contributed by atoms with Crippen molar-refractivity contribution in [2.24, 2.45) is 17.3 Å². The van der Waals surface area contributed by atoms with Crippen LogP contribution in [0.4, 0.5) is 0 Å². The van der Waals surface area contributed by atoms with Gasteiger partial charge in [-0.3, -0.25) is 0 Å². The Kier molecular flexibility index (Phi) is 4.47. The zero-order chi connectivity index (χ0) is 20.2. The lowest BCUT2D eigenvalue weighted by atomic mass is 9.55. The molecular weight excluding hydrogens is 360 g/mol. The van der Waals surface area contributed by atoms with Gasteiger partial charge < -0.3 is 14.9 Å². The Labute approximate surface area is 173 Å². The first-order chi connectivity index (χ1) is 14.0. The highest BCUT2D eigenvalue weighted by Crippen LogP contribution is 2.62. The molecule has 0 saturated heterocycles. The van der Waals surface area contributed by atoms with E-state index < -0.39 is 0 Å². The number of phenols is 1. The molecule has 0 aromatic heterocycles. The number of rotatable bonds is 2. The number of aromatic hydroxyl groups is 1. The molecule has 5 unspecified atom stereocenters. The number of benzene rings is 2. The minimum atomic E-state index is -0.364. The van der Waals surface area contributed by atoms with Gasteiger partial charge in [-0.05, 0) is 96.4 Å². The highest BCUT2D eigenvalue weighted by Gasteiger charge is 2.56. The Morgan fingerprint density at radius 3 is 2.66 bits per heavy atom.